The van der Waals surface area contributed by atoms with Crippen LogP contribution in [0.2, 0.25) is 5.02 Å². The standard InChI is InChI=1S/C22H20ClF2N5O/c23-11-4-5-16-18(7-11)29-21(28-16)19-20(27-10-12-3-1-2-6-26-12)13-8-14(24)15(25)9-17(13)30-22(19)31/h4-5,7-9,12,26H,1-3,6,10H2,(H,28,29)(H2,27,30,31). The van der Waals surface area contributed by atoms with Gasteiger partial charge < -0.3 is 20.6 Å². The van der Waals surface area contributed by atoms with Gasteiger partial charge in [-0.25, -0.2) is 13.8 Å². The highest BCUT2D eigenvalue weighted by Gasteiger charge is 2.21. The van der Waals surface area contributed by atoms with Gasteiger partial charge >= 0.3 is 0 Å². The van der Waals surface area contributed by atoms with E-state index in [1.54, 1.807) is 18.2 Å². The molecule has 5 rings (SSSR count). The fraction of sp³-hybridized carbons (Fsp3) is 0.273. The number of imidazole rings is 1. The Balaban J connectivity index is 1.68. The van der Waals surface area contributed by atoms with Crippen molar-refractivity contribution in [2.75, 3.05) is 18.4 Å². The summed E-state index contributed by atoms with van der Waals surface area (Å²) in [4.78, 5) is 23.3. The van der Waals surface area contributed by atoms with Gasteiger partial charge in [-0.15, -0.1) is 0 Å². The van der Waals surface area contributed by atoms with E-state index in [9.17, 15) is 13.6 Å². The number of pyridine rings is 1. The summed E-state index contributed by atoms with van der Waals surface area (Å²) in [5.74, 6) is -1.68. The highest BCUT2D eigenvalue weighted by Crippen LogP contribution is 2.32. The lowest BCUT2D eigenvalue weighted by atomic mass is 10.0. The molecule has 1 saturated heterocycles. The molecule has 31 heavy (non-hydrogen) atoms. The van der Waals surface area contributed by atoms with Crippen LogP contribution in [0.25, 0.3) is 33.3 Å². The molecule has 0 radical (unpaired) electrons. The van der Waals surface area contributed by atoms with Crippen molar-refractivity contribution in [3.63, 3.8) is 0 Å². The summed E-state index contributed by atoms with van der Waals surface area (Å²) in [6.45, 7) is 1.47. The van der Waals surface area contributed by atoms with Crippen molar-refractivity contribution in [3.05, 3.63) is 57.3 Å². The number of fused-ring (bicyclic) bond motifs is 2. The Labute approximate surface area is 181 Å². The molecule has 4 N–H and O–H groups in total. The van der Waals surface area contributed by atoms with Gasteiger partial charge in [0.25, 0.3) is 5.56 Å². The third-order valence-electron chi connectivity index (χ3n) is 5.67. The molecule has 0 bridgehead atoms. The molecule has 0 aliphatic carbocycles. The minimum atomic E-state index is -1.02. The van der Waals surface area contributed by atoms with Crippen molar-refractivity contribution in [2.24, 2.45) is 0 Å². The number of aromatic nitrogens is 3. The first kappa shape index (κ1) is 20.0. The van der Waals surface area contributed by atoms with Gasteiger partial charge in [0, 0.05) is 29.1 Å². The monoisotopic (exact) mass is 443 g/mol. The van der Waals surface area contributed by atoms with Crippen LogP contribution in [-0.2, 0) is 0 Å². The first-order valence-electron chi connectivity index (χ1n) is 10.2. The second-order valence-corrected chi connectivity index (χ2v) is 8.23. The van der Waals surface area contributed by atoms with Gasteiger partial charge in [-0.3, -0.25) is 4.79 Å². The highest BCUT2D eigenvalue weighted by molar-refractivity contribution is 6.31. The fourth-order valence-electron chi connectivity index (χ4n) is 4.12. The third kappa shape index (κ3) is 3.77. The zero-order valence-electron chi connectivity index (χ0n) is 16.5. The van der Waals surface area contributed by atoms with Gasteiger partial charge in [0.2, 0.25) is 0 Å². The van der Waals surface area contributed by atoms with E-state index in [-0.39, 0.29) is 17.1 Å². The Morgan fingerprint density at radius 3 is 2.74 bits per heavy atom. The van der Waals surface area contributed by atoms with Crippen molar-refractivity contribution < 1.29 is 8.78 Å². The van der Waals surface area contributed by atoms with Crippen LogP contribution in [0.4, 0.5) is 14.5 Å². The molecule has 4 aromatic rings. The number of nitrogens with zero attached hydrogens (tertiary/aromatic N) is 1. The zero-order chi connectivity index (χ0) is 21.5. The van der Waals surface area contributed by atoms with E-state index < -0.39 is 17.2 Å². The second-order valence-electron chi connectivity index (χ2n) is 7.79. The van der Waals surface area contributed by atoms with Crippen molar-refractivity contribution >= 4 is 39.2 Å². The predicted molar refractivity (Wildman–Crippen MR) is 119 cm³/mol. The van der Waals surface area contributed by atoms with E-state index in [4.69, 9.17) is 11.6 Å². The highest BCUT2D eigenvalue weighted by atomic mass is 35.5. The summed E-state index contributed by atoms with van der Waals surface area (Å²) in [5, 5.41) is 7.65. The van der Waals surface area contributed by atoms with Gasteiger partial charge in [0.15, 0.2) is 11.6 Å². The zero-order valence-corrected chi connectivity index (χ0v) is 17.2. The topological polar surface area (TPSA) is 85.6 Å². The molecule has 1 aliphatic heterocycles. The number of nitrogens with one attached hydrogen (secondary N) is 4. The Kier molecular flexibility index (Phi) is 5.11. The lowest BCUT2D eigenvalue weighted by Gasteiger charge is -2.25. The van der Waals surface area contributed by atoms with Crippen LogP contribution in [0.1, 0.15) is 19.3 Å². The Morgan fingerprint density at radius 2 is 1.94 bits per heavy atom. The molecule has 0 amide bonds. The number of halogens is 3. The van der Waals surface area contributed by atoms with E-state index in [1.165, 1.54) is 0 Å². The van der Waals surface area contributed by atoms with Crippen LogP contribution in [0.15, 0.2) is 35.1 Å². The van der Waals surface area contributed by atoms with Crippen LogP contribution >= 0.6 is 11.6 Å². The smallest absolute Gasteiger partial charge is 0.261 e. The summed E-state index contributed by atoms with van der Waals surface area (Å²) >= 11 is 6.06. The molecule has 6 nitrogen and oxygen atoms in total. The van der Waals surface area contributed by atoms with Crippen molar-refractivity contribution in [1.29, 1.82) is 0 Å². The van der Waals surface area contributed by atoms with Crippen LogP contribution in [-0.4, -0.2) is 34.1 Å². The summed E-state index contributed by atoms with van der Waals surface area (Å²) < 4.78 is 28.0. The number of hydrogen-bond donors (Lipinski definition) is 4. The Morgan fingerprint density at radius 1 is 1.10 bits per heavy atom. The number of H-pyrrole nitrogens is 2. The molecule has 0 spiro atoms. The molecule has 1 fully saturated rings. The number of piperidine rings is 1. The minimum absolute atomic E-state index is 0.214. The van der Waals surface area contributed by atoms with Crippen LogP contribution < -0.4 is 16.2 Å². The molecule has 2 aromatic heterocycles. The molecule has 1 atom stereocenters. The summed E-state index contributed by atoms with van der Waals surface area (Å²) in [6.07, 6.45) is 3.24. The van der Waals surface area contributed by atoms with Crippen molar-refractivity contribution in [3.8, 4) is 11.4 Å². The summed E-state index contributed by atoms with van der Waals surface area (Å²) in [6, 6.07) is 7.51. The number of aromatic amines is 2. The molecule has 0 saturated carbocycles. The molecule has 1 aliphatic rings. The number of hydrogen-bond acceptors (Lipinski definition) is 4. The van der Waals surface area contributed by atoms with Crippen LogP contribution in [0.5, 0.6) is 0 Å². The third-order valence-corrected chi connectivity index (χ3v) is 5.91. The Bertz CT molecular complexity index is 1340. The molecule has 3 heterocycles. The van der Waals surface area contributed by atoms with Gasteiger partial charge in [-0.05, 0) is 43.7 Å². The average molecular weight is 444 g/mol. The quantitative estimate of drug-likeness (QED) is 0.372. The maximum absolute atomic E-state index is 14.1. The number of rotatable bonds is 4. The predicted octanol–water partition coefficient (Wildman–Crippen LogP) is 4.56. The number of benzene rings is 2. The normalized spacial score (nSPS) is 16.8. The van der Waals surface area contributed by atoms with Crippen LogP contribution in [0.3, 0.4) is 0 Å². The van der Waals surface area contributed by atoms with Gasteiger partial charge in [0.1, 0.15) is 11.4 Å². The Hall–Kier alpha value is -2.97. The average Bonchev–Trinajstić information content (AvgIpc) is 3.16. The van der Waals surface area contributed by atoms with E-state index in [2.05, 4.69) is 25.6 Å². The summed E-state index contributed by atoms with van der Waals surface area (Å²) in [7, 11) is 0. The lowest BCUT2D eigenvalue weighted by Crippen LogP contribution is -2.39. The SMILES string of the molecule is O=c1[nH]c2cc(F)c(F)cc2c(NCC2CCCCN2)c1-c1nc2cc(Cl)ccc2[nH]1. The maximum Gasteiger partial charge on any atom is 0.261 e. The van der Waals surface area contributed by atoms with E-state index in [0.717, 1.165) is 37.9 Å². The molecule has 160 valence electrons. The molecular weight excluding hydrogens is 424 g/mol. The van der Waals surface area contributed by atoms with Crippen LogP contribution in [0, 0.1) is 11.6 Å². The largest absolute Gasteiger partial charge is 0.382 e. The van der Waals surface area contributed by atoms with E-state index in [0.29, 0.717) is 39.5 Å². The minimum Gasteiger partial charge on any atom is -0.382 e. The second kappa shape index (κ2) is 7.94. The first-order valence-corrected chi connectivity index (χ1v) is 10.6. The molecular formula is C22H20ClF2N5O. The molecule has 9 heteroatoms. The number of anilines is 1. The van der Waals surface area contributed by atoms with Crippen molar-refractivity contribution in [2.45, 2.75) is 25.3 Å². The van der Waals surface area contributed by atoms with Gasteiger partial charge in [-0.1, -0.05) is 18.0 Å². The maximum atomic E-state index is 14.1. The van der Waals surface area contributed by atoms with Gasteiger partial charge in [-0.2, -0.15) is 0 Å². The van der Waals surface area contributed by atoms with Crippen molar-refractivity contribution in [1.82, 2.24) is 20.3 Å². The molecule has 1 unspecified atom stereocenters. The van der Waals surface area contributed by atoms with E-state index >= 15 is 0 Å². The van der Waals surface area contributed by atoms with Gasteiger partial charge in [0.05, 0.1) is 22.2 Å². The molecule has 2 aromatic carbocycles. The fourth-order valence-corrected chi connectivity index (χ4v) is 4.29. The summed E-state index contributed by atoms with van der Waals surface area (Å²) in [5.41, 5.74) is 1.72. The first-order chi connectivity index (χ1) is 15.0. The van der Waals surface area contributed by atoms with E-state index in [1.807, 2.05) is 0 Å². The lowest BCUT2D eigenvalue weighted by molar-refractivity contribution is 0.414.